The number of benzene rings is 1. The molecule has 158 valence electrons. The fraction of sp³-hybridized carbons (Fsp3) is 0.455. The minimum Gasteiger partial charge on any atom is -0.391 e. The summed E-state index contributed by atoms with van der Waals surface area (Å²) in [6, 6.07) is 8.09. The van der Waals surface area contributed by atoms with Gasteiger partial charge in [0.2, 0.25) is 0 Å². The first-order valence-corrected chi connectivity index (χ1v) is 9.90. The van der Waals surface area contributed by atoms with Crippen LogP contribution in [0.5, 0.6) is 0 Å². The Balaban J connectivity index is 1.77. The molecule has 2 aliphatic rings. The number of aliphatic hydroxyl groups excluding tert-OH is 1. The van der Waals surface area contributed by atoms with Gasteiger partial charge in [-0.05, 0) is 57.4 Å². The summed E-state index contributed by atoms with van der Waals surface area (Å²) in [5.41, 5.74) is -0.201. The fourth-order valence-electron chi connectivity index (χ4n) is 5.16. The van der Waals surface area contributed by atoms with Gasteiger partial charge in [-0.15, -0.1) is 0 Å². The fourth-order valence-corrected chi connectivity index (χ4v) is 5.16. The van der Waals surface area contributed by atoms with Gasteiger partial charge in [0.05, 0.1) is 35.4 Å². The largest absolute Gasteiger partial charge is 0.418 e. The number of Topliss-reactive ketones (excluding diaryl/α,β-unsaturated/α-hetero) is 1. The highest BCUT2D eigenvalue weighted by molar-refractivity contribution is 6.01. The van der Waals surface area contributed by atoms with Gasteiger partial charge in [0.15, 0.2) is 5.78 Å². The van der Waals surface area contributed by atoms with E-state index in [-0.39, 0.29) is 35.6 Å². The molecule has 0 radical (unpaired) electrons. The first kappa shape index (κ1) is 20.6. The lowest BCUT2D eigenvalue weighted by molar-refractivity contribution is -0.138. The van der Waals surface area contributed by atoms with E-state index in [1.165, 1.54) is 30.5 Å². The number of fused-ring (bicyclic) bond motifs is 2. The second-order valence-electron chi connectivity index (χ2n) is 8.11. The van der Waals surface area contributed by atoms with Gasteiger partial charge in [-0.2, -0.15) is 18.4 Å². The number of nitrogens with zero attached hydrogens (tertiary/aromatic N) is 3. The maximum absolute atomic E-state index is 14.0. The van der Waals surface area contributed by atoms with Crippen LogP contribution in [0.15, 0.2) is 24.3 Å². The molecule has 2 aliphatic heterocycles. The summed E-state index contributed by atoms with van der Waals surface area (Å²) in [4.78, 5) is 15.0. The molecule has 2 fully saturated rings. The van der Waals surface area contributed by atoms with Crippen LogP contribution in [0.1, 0.15) is 52.1 Å². The Morgan fingerprint density at radius 3 is 2.37 bits per heavy atom. The average molecular weight is 417 g/mol. The van der Waals surface area contributed by atoms with E-state index in [1.807, 2.05) is 11.0 Å². The predicted octanol–water partition coefficient (Wildman–Crippen LogP) is 3.76. The smallest absolute Gasteiger partial charge is 0.391 e. The molecule has 0 aliphatic carbocycles. The lowest BCUT2D eigenvalue weighted by Gasteiger charge is -2.21. The molecule has 4 rings (SSSR count). The Morgan fingerprint density at radius 1 is 1.20 bits per heavy atom. The van der Waals surface area contributed by atoms with E-state index in [9.17, 15) is 23.1 Å². The van der Waals surface area contributed by atoms with Crippen molar-refractivity contribution in [3.63, 3.8) is 0 Å². The topological polar surface area (TPSA) is 69.3 Å². The van der Waals surface area contributed by atoms with Crippen LogP contribution in [0.25, 0.3) is 5.69 Å². The van der Waals surface area contributed by atoms with Crippen molar-refractivity contribution in [1.29, 1.82) is 5.26 Å². The highest BCUT2D eigenvalue weighted by Gasteiger charge is 2.47. The van der Waals surface area contributed by atoms with Crippen molar-refractivity contribution in [3.8, 4) is 11.8 Å². The summed E-state index contributed by atoms with van der Waals surface area (Å²) >= 11 is 0. The second kappa shape index (κ2) is 7.25. The van der Waals surface area contributed by atoms with Crippen LogP contribution >= 0.6 is 0 Å². The van der Waals surface area contributed by atoms with Crippen LogP contribution in [0.4, 0.5) is 13.2 Å². The second-order valence-corrected chi connectivity index (χ2v) is 8.11. The van der Waals surface area contributed by atoms with Crippen molar-refractivity contribution in [2.24, 2.45) is 0 Å². The number of aromatic nitrogens is 1. The van der Waals surface area contributed by atoms with Gasteiger partial charge in [0.1, 0.15) is 0 Å². The molecule has 8 heteroatoms. The molecular weight excluding hydrogens is 395 g/mol. The van der Waals surface area contributed by atoms with Gasteiger partial charge >= 0.3 is 6.18 Å². The number of aliphatic hydroxyl groups is 1. The Hall–Kier alpha value is -2.63. The summed E-state index contributed by atoms with van der Waals surface area (Å²) in [7, 11) is 0. The van der Waals surface area contributed by atoms with E-state index >= 15 is 0 Å². The summed E-state index contributed by atoms with van der Waals surface area (Å²) in [5.74, 6) is -0.582. The van der Waals surface area contributed by atoms with Crippen molar-refractivity contribution in [1.82, 2.24) is 9.47 Å². The van der Waals surface area contributed by atoms with Crippen molar-refractivity contribution in [2.45, 2.75) is 57.5 Å². The molecule has 0 amide bonds. The van der Waals surface area contributed by atoms with Crippen LogP contribution in [0.3, 0.4) is 0 Å². The summed E-state index contributed by atoms with van der Waals surface area (Å²) in [5, 5.41) is 19.1. The zero-order chi connectivity index (χ0) is 21.8. The Kier molecular flexibility index (Phi) is 4.99. The van der Waals surface area contributed by atoms with Crippen molar-refractivity contribution < 1.29 is 23.1 Å². The number of carbonyl (C=O) groups excluding carboxylic acids is 1. The third-order valence-corrected chi connectivity index (χ3v) is 6.44. The molecule has 1 N–H and O–H groups in total. The lowest BCUT2D eigenvalue weighted by atomic mass is 9.98. The van der Waals surface area contributed by atoms with Gasteiger partial charge < -0.3 is 9.67 Å². The molecule has 1 aromatic heterocycles. The van der Waals surface area contributed by atoms with E-state index in [0.29, 0.717) is 17.7 Å². The van der Waals surface area contributed by atoms with Gasteiger partial charge in [-0.25, -0.2) is 0 Å². The zero-order valence-corrected chi connectivity index (χ0v) is 16.7. The minimum absolute atomic E-state index is 0.0466. The quantitative estimate of drug-likeness (QED) is 0.769. The number of halogens is 3. The average Bonchev–Trinajstić information content (AvgIpc) is 3.29. The minimum atomic E-state index is -4.68. The molecule has 2 aromatic rings. The highest BCUT2D eigenvalue weighted by Crippen LogP contribution is 2.41. The van der Waals surface area contributed by atoms with Crippen LogP contribution in [0, 0.1) is 25.2 Å². The first-order chi connectivity index (χ1) is 14.1. The molecular formula is C22H22F3N3O2. The third-order valence-electron chi connectivity index (χ3n) is 6.44. The predicted molar refractivity (Wildman–Crippen MR) is 103 cm³/mol. The number of nitriles is 1. The Morgan fingerprint density at radius 2 is 1.87 bits per heavy atom. The molecule has 5 nitrogen and oxygen atoms in total. The monoisotopic (exact) mass is 417 g/mol. The Labute approximate surface area is 172 Å². The van der Waals surface area contributed by atoms with Gasteiger partial charge in [0.25, 0.3) is 0 Å². The number of hydrogen-bond donors (Lipinski definition) is 1. The summed E-state index contributed by atoms with van der Waals surface area (Å²) in [6.07, 6.45) is -3.03. The molecule has 2 unspecified atom stereocenters. The van der Waals surface area contributed by atoms with Crippen molar-refractivity contribution >= 4 is 5.78 Å². The van der Waals surface area contributed by atoms with Crippen LogP contribution in [0.2, 0.25) is 0 Å². The van der Waals surface area contributed by atoms with Crippen molar-refractivity contribution in [2.75, 3.05) is 6.54 Å². The lowest BCUT2D eigenvalue weighted by Crippen LogP contribution is -2.37. The molecule has 2 saturated heterocycles. The molecule has 30 heavy (non-hydrogen) atoms. The molecule has 2 bridgehead atoms. The number of hydrogen-bond acceptors (Lipinski definition) is 4. The van der Waals surface area contributed by atoms with Crippen LogP contribution in [-0.2, 0) is 6.18 Å². The van der Waals surface area contributed by atoms with Gasteiger partial charge in [0, 0.05) is 29.2 Å². The molecule has 0 spiro atoms. The standard InChI is InChI=1S/C22H22F3N3O2/c1-12-20(19(30)11-27-16-7-8-17(27)18(29)9-16)21(22(23,24)25)13(2)28(12)15-5-3-14(10-26)4-6-15/h3-6,16-18,29H,7-9,11H2,1-2H3/t16?,17?,18-/m1/s1. The molecule has 0 saturated carbocycles. The van der Waals surface area contributed by atoms with E-state index in [4.69, 9.17) is 5.26 Å². The Bertz CT molecular complexity index is 1030. The van der Waals surface area contributed by atoms with E-state index in [1.54, 1.807) is 12.1 Å². The van der Waals surface area contributed by atoms with Gasteiger partial charge in [-0.3, -0.25) is 9.69 Å². The maximum Gasteiger partial charge on any atom is 0.418 e. The molecule has 3 heterocycles. The first-order valence-electron chi connectivity index (χ1n) is 9.90. The number of carbonyl (C=O) groups is 1. The summed E-state index contributed by atoms with van der Waals surface area (Å²) in [6.45, 7) is 2.74. The number of alkyl halides is 3. The van der Waals surface area contributed by atoms with E-state index < -0.39 is 23.6 Å². The van der Waals surface area contributed by atoms with E-state index in [0.717, 1.165) is 12.8 Å². The molecule has 3 atom stereocenters. The van der Waals surface area contributed by atoms with Crippen LogP contribution < -0.4 is 0 Å². The SMILES string of the molecule is Cc1c(C(=O)CN2C3CCC2[C@H](O)C3)c(C(F)(F)F)c(C)n1-c1ccc(C#N)cc1. The van der Waals surface area contributed by atoms with Gasteiger partial charge in [-0.1, -0.05) is 0 Å². The maximum atomic E-state index is 14.0. The highest BCUT2D eigenvalue weighted by atomic mass is 19.4. The van der Waals surface area contributed by atoms with Crippen LogP contribution in [-0.4, -0.2) is 45.1 Å². The normalized spacial score (nSPS) is 23.7. The van der Waals surface area contributed by atoms with Crippen molar-refractivity contribution in [3.05, 3.63) is 52.3 Å². The number of rotatable bonds is 4. The number of ketones is 1. The molecule has 1 aromatic carbocycles. The zero-order valence-electron chi connectivity index (χ0n) is 16.7. The summed E-state index contributed by atoms with van der Waals surface area (Å²) < 4.78 is 43.4. The van der Waals surface area contributed by atoms with E-state index in [2.05, 4.69) is 0 Å². The third kappa shape index (κ3) is 3.22.